The molecule has 0 aliphatic carbocycles. The van der Waals surface area contributed by atoms with Crippen LogP contribution in [0, 0.1) is 0 Å². The van der Waals surface area contributed by atoms with Crippen molar-refractivity contribution in [1.82, 2.24) is 5.32 Å². The van der Waals surface area contributed by atoms with Gasteiger partial charge < -0.3 is 14.8 Å². The molecule has 1 rings (SSSR count). The van der Waals surface area contributed by atoms with Crippen LogP contribution in [0.25, 0.3) is 0 Å². The fraction of sp³-hybridized carbons (Fsp3) is 0.923. The van der Waals surface area contributed by atoms with Crippen molar-refractivity contribution in [2.75, 3.05) is 13.7 Å². The molecule has 1 N–H and O–H groups in total. The van der Waals surface area contributed by atoms with E-state index in [9.17, 15) is 4.79 Å². The minimum absolute atomic E-state index is 0.318. The van der Waals surface area contributed by atoms with Gasteiger partial charge in [0.1, 0.15) is 5.60 Å². The minimum atomic E-state index is -0.318. The van der Waals surface area contributed by atoms with Crippen LogP contribution in [-0.4, -0.2) is 37.9 Å². The first-order chi connectivity index (χ1) is 7.94. The van der Waals surface area contributed by atoms with E-state index < -0.39 is 0 Å². The number of hydrogen-bond donors (Lipinski definition) is 1. The smallest absolute Gasteiger partial charge is 0.293 e. The van der Waals surface area contributed by atoms with Gasteiger partial charge in [-0.15, -0.1) is 0 Å². The van der Waals surface area contributed by atoms with Gasteiger partial charge in [0, 0.05) is 13.2 Å². The van der Waals surface area contributed by atoms with Crippen molar-refractivity contribution in [1.29, 1.82) is 0 Å². The molecule has 0 aromatic carbocycles. The Morgan fingerprint density at radius 2 is 2.12 bits per heavy atom. The lowest BCUT2D eigenvalue weighted by Gasteiger charge is -2.20. The number of nitrogens with one attached hydrogen (secondary N) is 1. The lowest BCUT2D eigenvalue weighted by molar-refractivity contribution is -0.138. The number of methoxy groups -OCH3 is 1. The van der Waals surface area contributed by atoms with Crippen molar-refractivity contribution in [2.45, 2.75) is 64.7 Å². The van der Waals surface area contributed by atoms with Crippen molar-refractivity contribution < 1.29 is 14.3 Å². The second-order valence-electron chi connectivity index (χ2n) is 5.21. The van der Waals surface area contributed by atoms with E-state index in [4.69, 9.17) is 4.74 Å². The van der Waals surface area contributed by atoms with Crippen molar-refractivity contribution in [3.63, 3.8) is 0 Å². The summed E-state index contributed by atoms with van der Waals surface area (Å²) in [5, 5.41) is 3.43. The summed E-state index contributed by atoms with van der Waals surface area (Å²) >= 11 is 0. The number of carbonyl (C=O) groups excluding carboxylic acids is 1. The van der Waals surface area contributed by atoms with Gasteiger partial charge in [0.15, 0.2) is 0 Å². The molecule has 0 radical (unpaired) electrons. The Bertz CT molecular complexity index is 191. The van der Waals surface area contributed by atoms with Crippen LogP contribution in [0.15, 0.2) is 0 Å². The first kappa shape index (κ1) is 16.4. The highest BCUT2D eigenvalue weighted by Gasteiger charge is 2.22. The van der Waals surface area contributed by atoms with E-state index in [-0.39, 0.29) is 5.60 Å². The summed E-state index contributed by atoms with van der Waals surface area (Å²) < 4.78 is 9.87. The van der Waals surface area contributed by atoms with Crippen LogP contribution in [0.5, 0.6) is 0 Å². The minimum Gasteiger partial charge on any atom is -0.462 e. The molecule has 4 heteroatoms. The highest BCUT2D eigenvalue weighted by Crippen LogP contribution is 2.13. The maximum absolute atomic E-state index is 9.60. The van der Waals surface area contributed by atoms with Crippen LogP contribution >= 0.6 is 0 Å². The van der Waals surface area contributed by atoms with Crippen molar-refractivity contribution in [2.24, 2.45) is 0 Å². The molecule has 0 aromatic rings. The molecular weight excluding hydrogens is 218 g/mol. The lowest BCUT2D eigenvalue weighted by Crippen LogP contribution is -2.35. The van der Waals surface area contributed by atoms with Gasteiger partial charge in [-0.25, -0.2) is 0 Å². The van der Waals surface area contributed by atoms with E-state index >= 15 is 0 Å². The highest BCUT2D eigenvalue weighted by atomic mass is 16.5. The summed E-state index contributed by atoms with van der Waals surface area (Å²) in [6.07, 6.45) is 4.15. The Morgan fingerprint density at radius 1 is 1.47 bits per heavy atom. The molecule has 0 saturated carbocycles. The Balaban J connectivity index is 0.000000325. The van der Waals surface area contributed by atoms with Crippen LogP contribution in [0.4, 0.5) is 0 Å². The van der Waals surface area contributed by atoms with Crippen molar-refractivity contribution in [3.8, 4) is 0 Å². The molecule has 0 spiro atoms. The van der Waals surface area contributed by atoms with E-state index in [0.29, 0.717) is 18.6 Å². The van der Waals surface area contributed by atoms with Crippen LogP contribution < -0.4 is 5.32 Å². The number of carbonyl (C=O) groups is 1. The highest BCUT2D eigenvalue weighted by molar-refractivity contribution is 5.37. The zero-order valence-corrected chi connectivity index (χ0v) is 11.8. The zero-order chi connectivity index (χ0) is 13.3. The maximum Gasteiger partial charge on any atom is 0.293 e. The summed E-state index contributed by atoms with van der Waals surface area (Å²) in [5.41, 5.74) is -0.318. The quantitative estimate of drug-likeness (QED) is 0.771. The average molecular weight is 245 g/mol. The third-order valence-corrected chi connectivity index (χ3v) is 2.65. The normalized spacial score (nSPS) is 21.4. The number of ether oxygens (including phenoxy) is 2. The molecule has 4 nitrogen and oxygen atoms in total. The Kier molecular flexibility index (Phi) is 8.17. The van der Waals surface area contributed by atoms with Gasteiger partial charge in [-0.05, 0) is 46.6 Å². The van der Waals surface area contributed by atoms with Gasteiger partial charge in [-0.2, -0.15) is 0 Å². The summed E-state index contributed by atoms with van der Waals surface area (Å²) in [6.45, 7) is 9.27. The molecule has 1 unspecified atom stereocenters. The van der Waals surface area contributed by atoms with Crippen LogP contribution in [0.1, 0.15) is 47.0 Å². The van der Waals surface area contributed by atoms with E-state index in [1.165, 1.54) is 19.4 Å². The topological polar surface area (TPSA) is 47.6 Å². The Hall–Kier alpha value is -0.610. The lowest BCUT2D eigenvalue weighted by atomic mass is 10.1. The van der Waals surface area contributed by atoms with Gasteiger partial charge in [-0.3, -0.25) is 4.79 Å². The molecule has 1 aliphatic heterocycles. The fourth-order valence-electron chi connectivity index (χ4n) is 1.79. The summed E-state index contributed by atoms with van der Waals surface area (Å²) in [7, 11) is 1.80. The molecule has 1 fully saturated rings. The molecule has 2 atom stereocenters. The second kappa shape index (κ2) is 8.48. The van der Waals surface area contributed by atoms with E-state index in [0.717, 1.165) is 6.42 Å². The Morgan fingerprint density at radius 3 is 2.35 bits per heavy atom. The molecule has 102 valence electrons. The molecule has 17 heavy (non-hydrogen) atoms. The summed E-state index contributed by atoms with van der Waals surface area (Å²) in [5.74, 6) is 0. The first-order valence-electron chi connectivity index (χ1n) is 6.32. The molecule has 0 bridgehead atoms. The number of rotatable bonds is 4. The van der Waals surface area contributed by atoms with Crippen LogP contribution in [0.2, 0.25) is 0 Å². The maximum atomic E-state index is 9.60. The monoisotopic (exact) mass is 245 g/mol. The third-order valence-electron chi connectivity index (χ3n) is 2.65. The van der Waals surface area contributed by atoms with E-state index in [1.807, 2.05) is 20.8 Å². The fourth-order valence-corrected chi connectivity index (χ4v) is 1.79. The van der Waals surface area contributed by atoms with E-state index in [1.54, 1.807) is 7.11 Å². The molecular formula is C13H27NO3. The summed E-state index contributed by atoms with van der Waals surface area (Å²) in [6, 6.07) is 0.620. The van der Waals surface area contributed by atoms with Gasteiger partial charge in [-0.1, -0.05) is 6.92 Å². The molecule has 1 aliphatic rings. The molecule has 1 saturated heterocycles. The predicted octanol–water partition coefficient (Wildman–Crippen LogP) is 2.12. The number of hydrogen-bond acceptors (Lipinski definition) is 4. The van der Waals surface area contributed by atoms with Gasteiger partial charge in [0.2, 0.25) is 0 Å². The molecule has 0 aromatic heterocycles. The van der Waals surface area contributed by atoms with E-state index in [2.05, 4.69) is 17.0 Å². The van der Waals surface area contributed by atoms with Gasteiger partial charge >= 0.3 is 0 Å². The van der Waals surface area contributed by atoms with Crippen molar-refractivity contribution >= 4 is 6.47 Å². The Labute approximate surface area is 105 Å². The molecule has 0 amide bonds. The summed E-state index contributed by atoms with van der Waals surface area (Å²) in [4.78, 5) is 9.60. The standard InChI is InChI=1S/C8H17NO.C5H10O2/c1-3-8(10-2)7-5-4-6-9-7;1-5(2,3)7-4-6/h7-9H,3-6H2,1-2H3;4H,1-3H3/t7?,8-;/m1./s1. The molecule has 1 heterocycles. The third kappa shape index (κ3) is 8.16. The van der Waals surface area contributed by atoms with Crippen LogP contribution in [0.3, 0.4) is 0 Å². The van der Waals surface area contributed by atoms with Gasteiger partial charge in [0.25, 0.3) is 6.47 Å². The zero-order valence-electron chi connectivity index (χ0n) is 11.8. The van der Waals surface area contributed by atoms with Crippen LogP contribution in [-0.2, 0) is 14.3 Å². The van der Waals surface area contributed by atoms with Gasteiger partial charge in [0.05, 0.1) is 6.10 Å². The predicted molar refractivity (Wildman–Crippen MR) is 69.0 cm³/mol. The average Bonchev–Trinajstić information content (AvgIpc) is 2.72. The SMILES string of the molecule is CC(C)(C)OC=O.CC[C@@H](OC)C1CCCN1. The first-order valence-corrected chi connectivity index (χ1v) is 6.32. The second-order valence-corrected chi connectivity index (χ2v) is 5.21. The largest absolute Gasteiger partial charge is 0.462 e. The van der Waals surface area contributed by atoms with Crippen molar-refractivity contribution in [3.05, 3.63) is 0 Å².